The third kappa shape index (κ3) is 6.47. The maximum absolute atomic E-state index is 13.1. The molecule has 0 unspecified atom stereocenters. The number of carbonyl (C=O) groups excluding carboxylic acids is 3. The Bertz CT molecular complexity index is 1060. The van der Waals surface area contributed by atoms with Gasteiger partial charge in [-0.2, -0.15) is 0 Å². The van der Waals surface area contributed by atoms with E-state index in [0.29, 0.717) is 0 Å². The van der Waals surface area contributed by atoms with Gasteiger partial charge < -0.3 is 14.2 Å². The van der Waals surface area contributed by atoms with Crippen LogP contribution in [0, 0.1) is 5.92 Å². The van der Waals surface area contributed by atoms with Crippen molar-refractivity contribution in [2.24, 2.45) is 5.92 Å². The fourth-order valence-electron chi connectivity index (χ4n) is 3.99. The Morgan fingerprint density at radius 1 is 0.629 bits per heavy atom. The molecule has 1 aliphatic rings. The molecule has 7 heteroatoms. The molecule has 0 bridgehead atoms. The maximum Gasteiger partial charge on any atom is 0.410 e. The molecular weight excluding hydrogens is 446 g/mol. The van der Waals surface area contributed by atoms with E-state index in [1.165, 1.54) is 4.90 Å². The van der Waals surface area contributed by atoms with Crippen LogP contribution in [-0.2, 0) is 43.6 Å². The first-order chi connectivity index (χ1) is 17.1. The van der Waals surface area contributed by atoms with Crippen molar-refractivity contribution in [2.45, 2.75) is 32.3 Å². The number of hydrogen-bond donors (Lipinski definition) is 0. The molecule has 1 amide bonds. The predicted octanol–water partition coefficient (Wildman–Crippen LogP) is 4.50. The zero-order chi connectivity index (χ0) is 24.5. The van der Waals surface area contributed by atoms with Crippen molar-refractivity contribution in [1.29, 1.82) is 0 Å². The van der Waals surface area contributed by atoms with E-state index in [-0.39, 0.29) is 32.8 Å². The number of carbonyl (C=O) groups is 3. The second-order valence-corrected chi connectivity index (χ2v) is 8.26. The number of likely N-dealkylation sites (tertiary alicyclic amines) is 1. The van der Waals surface area contributed by atoms with Crippen molar-refractivity contribution in [3.63, 3.8) is 0 Å². The van der Waals surface area contributed by atoms with E-state index < -0.39 is 30.0 Å². The van der Waals surface area contributed by atoms with Crippen LogP contribution in [0.4, 0.5) is 4.79 Å². The summed E-state index contributed by atoms with van der Waals surface area (Å²) in [5.74, 6) is -2.05. The largest absolute Gasteiger partial charge is 0.461 e. The molecule has 1 saturated heterocycles. The SMILES string of the molecule is O=C(OCc1ccccc1)[C@@H]1[C@H](C(=O)OCc2ccccc2)CCN1C(=O)OCc1ccccc1. The van der Waals surface area contributed by atoms with Crippen molar-refractivity contribution in [3.05, 3.63) is 108 Å². The molecule has 35 heavy (non-hydrogen) atoms. The number of amides is 1. The molecule has 0 aliphatic carbocycles. The van der Waals surface area contributed by atoms with Gasteiger partial charge in [0.15, 0.2) is 0 Å². The smallest absolute Gasteiger partial charge is 0.410 e. The van der Waals surface area contributed by atoms with Gasteiger partial charge in [0.25, 0.3) is 0 Å². The van der Waals surface area contributed by atoms with Crippen LogP contribution in [-0.4, -0.2) is 35.5 Å². The number of benzene rings is 3. The molecule has 180 valence electrons. The Labute approximate surface area is 204 Å². The monoisotopic (exact) mass is 473 g/mol. The Morgan fingerprint density at radius 3 is 1.54 bits per heavy atom. The average Bonchev–Trinajstić information content (AvgIpc) is 3.36. The second-order valence-electron chi connectivity index (χ2n) is 8.26. The van der Waals surface area contributed by atoms with Crippen molar-refractivity contribution in [3.8, 4) is 0 Å². The lowest BCUT2D eigenvalue weighted by Gasteiger charge is -2.25. The van der Waals surface area contributed by atoms with E-state index in [1.807, 2.05) is 91.0 Å². The van der Waals surface area contributed by atoms with Gasteiger partial charge in [-0.3, -0.25) is 9.69 Å². The van der Waals surface area contributed by atoms with E-state index in [1.54, 1.807) is 0 Å². The normalized spacial score (nSPS) is 17.0. The molecule has 3 aromatic carbocycles. The molecule has 0 radical (unpaired) electrons. The summed E-state index contributed by atoms with van der Waals surface area (Å²) in [7, 11) is 0. The minimum absolute atomic E-state index is 0.0366. The number of rotatable bonds is 8. The van der Waals surface area contributed by atoms with Crippen molar-refractivity contribution >= 4 is 18.0 Å². The second kappa shape index (κ2) is 11.8. The van der Waals surface area contributed by atoms with Crippen molar-refractivity contribution < 1.29 is 28.6 Å². The third-order valence-electron chi connectivity index (χ3n) is 5.83. The van der Waals surface area contributed by atoms with E-state index in [0.717, 1.165) is 16.7 Å². The fraction of sp³-hybridized carbons (Fsp3) is 0.250. The fourth-order valence-corrected chi connectivity index (χ4v) is 3.99. The van der Waals surface area contributed by atoms with Gasteiger partial charge in [-0.05, 0) is 23.1 Å². The number of nitrogens with zero attached hydrogens (tertiary/aromatic N) is 1. The zero-order valence-electron chi connectivity index (χ0n) is 19.2. The summed E-state index contributed by atoms with van der Waals surface area (Å²) in [5.41, 5.74) is 2.46. The van der Waals surface area contributed by atoms with Gasteiger partial charge in [0, 0.05) is 6.54 Å². The van der Waals surface area contributed by atoms with Crippen LogP contribution < -0.4 is 0 Å². The summed E-state index contributed by atoms with van der Waals surface area (Å²) in [6.07, 6.45) is -0.395. The van der Waals surface area contributed by atoms with E-state index in [9.17, 15) is 14.4 Å². The average molecular weight is 474 g/mol. The number of ether oxygens (including phenoxy) is 3. The van der Waals surface area contributed by atoms with Crippen LogP contribution in [0.15, 0.2) is 91.0 Å². The Hall–Kier alpha value is -4.13. The molecule has 1 aliphatic heterocycles. The first-order valence-corrected chi connectivity index (χ1v) is 11.5. The lowest BCUT2D eigenvalue weighted by molar-refractivity contribution is -0.160. The molecule has 0 spiro atoms. The molecule has 4 rings (SSSR count). The summed E-state index contributed by atoms with van der Waals surface area (Å²) < 4.78 is 16.4. The summed E-state index contributed by atoms with van der Waals surface area (Å²) in [4.78, 5) is 40.2. The quantitative estimate of drug-likeness (QED) is 0.354. The number of esters is 2. The molecule has 3 aromatic rings. The first-order valence-electron chi connectivity index (χ1n) is 11.5. The van der Waals surface area contributed by atoms with Gasteiger partial charge >= 0.3 is 18.0 Å². The molecule has 2 atom stereocenters. The van der Waals surface area contributed by atoms with Gasteiger partial charge in [-0.1, -0.05) is 91.0 Å². The Balaban J connectivity index is 1.44. The lowest BCUT2D eigenvalue weighted by atomic mass is 10.0. The maximum atomic E-state index is 13.1. The predicted molar refractivity (Wildman–Crippen MR) is 128 cm³/mol. The van der Waals surface area contributed by atoms with Gasteiger partial charge in [-0.15, -0.1) is 0 Å². The molecule has 0 saturated carbocycles. The van der Waals surface area contributed by atoms with Crippen LogP contribution in [0.3, 0.4) is 0 Å². The van der Waals surface area contributed by atoms with Crippen LogP contribution >= 0.6 is 0 Å². The summed E-state index contributed by atoms with van der Waals surface area (Å²) in [6.45, 7) is 0.365. The Morgan fingerprint density at radius 2 is 1.06 bits per heavy atom. The van der Waals surface area contributed by atoms with Gasteiger partial charge in [0.2, 0.25) is 0 Å². The zero-order valence-corrected chi connectivity index (χ0v) is 19.2. The number of hydrogen-bond acceptors (Lipinski definition) is 6. The van der Waals surface area contributed by atoms with Crippen LogP contribution in [0.25, 0.3) is 0 Å². The summed E-state index contributed by atoms with van der Waals surface area (Å²) in [5, 5.41) is 0. The summed E-state index contributed by atoms with van der Waals surface area (Å²) >= 11 is 0. The highest BCUT2D eigenvalue weighted by Gasteiger charge is 2.48. The highest BCUT2D eigenvalue weighted by molar-refractivity contribution is 5.89. The third-order valence-corrected chi connectivity index (χ3v) is 5.83. The van der Waals surface area contributed by atoms with Crippen LogP contribution in [0.1, 0.15) is 23.1 Å². The van der Waals surface area contributed by atoms with E-state index in [2.05, 4.69) is 0 Å². The minimum atomic E-state index is -1.12. The standard InChI is InChI=1S/C28H27NO6/c30-26(33-18-21-10-4-1-5-11-21)24-16-17-29(28(32)35-20-23-14-8-3-9-15-23)25(24)27(31)34-19-22-12-6-2-7-13-22/h1-15,24-25H,16-20H2/t24-,25+/m1/s1. The molecule has 1 fully saturated rings. The molecule has 7 nitrogen and oxygen atoms in total. The lowest BCUT2D eigenvalue weighted by Crippen LogP contribution is -2.46. The van der Waals surface area contributed by atoms with Crippen molar-refractivity contribution in [2.75, 3.05) is 6.54 Å². The van der Waals surface area contributed by atoms with Gasteiger partial charge in [0.05, 0.1) is 5.92 Å². The molecular formula is C28H27NO6. The molecule has 0 aromatic heterocycles. The summed E-state index contributed by atoms with van der Waals surface area (Å²) in [6, 6.07) is 26.6. The van der Waals surface area contributed by atoms with Crippen molar-refractivity contribution in [1.82, 2.24) is 4.90 Å². The first kappa shape index (κ1) is 24.0. The van der Waals surface area contributed by atoms with Gasteiger partial charge in [0.1, 0.15) is 25.9 Å². The highest BCUT2D eigenvalue weighted by Crippen LogP contribution is 2.28. The van der Waals surface area contributed by atoms with Gasteiger partial charge in [-0.25, -0.2) is 9.59 Å². The Kier molecular flexibility index (Phi) is 8.12. The highest BCUT2D eigenvalue weighted by atomic mass is 16.6. The van der Waals surface area contributed by atoms with E-state index >= 15 is 0 Å². The topological polar surface area (TPSA) is 82.1 Å². The van der Waals surface area contributed by atoms with Crippen LogP contribution in [0.2, 0.25) is 0 Å². The van der Waals surface area contributed by atoms with Crippen LogP contribution in [0.5, 0.6) is 0 Å². The van der Waals surface area contributed by atoms with E-state index in [4.69, 9.17) is 14.2 Å². The molecule has 0 N–H and O–H groups in total. The molecule has 1 heterocycles. The minimum Gasteiger partial charge on any atom is -0.461 e.